The third-order valence-corrected chi connectivity index (χ3v) is 4.10. The van der Waals surface area contributed by atoms with Gasteiger partial charge < -0.3 is 5.32 Å². The highest BCUT2D eigenvalue weighted by Gasteiger charge is 2.23. The molecule has 3 nitrogen and oxygen atoms in total. The van der Waals surface area contributed by atoms with Crippen molar-refractivity contribution < 1.29 is 9.18 Å². The van der Waals surface area contributed by atoms with Gasteiger partial charge in [-0.15, -0.1) is 0 Å². The molecule has 1 fully saturated rings. The van der Waals surface area contributed by atoms with Gasteiger partial charge in [0, 0.05) is 25.6 Å². The molecule has 0 aliphatic carbocycles. The summed E-state index contributed by atoms with van der Waals surface area (Å²) in [7, 11) is 0. The predicted octanol–water partition coefficient (Wildman–Crippen LogP) is 3.27. The molecule has 2 rings (SSSR count). The summed E-state index contributed by atoms with van der Waals surface area (Å²) in [6.45, 7) is 4.33. The fourth-order valence-corrected chi connectivity index (χ4v) is 3.06. The molecule has 1 aliphatic rings. The van der Waals surface area contributed by atoms with E-state index in [2.05, 4.69) is 10.2 Å². The van der Waals surface area contributed by atoms with Gasteiger partial charge in [-0.25, -0.2) is 4.39 Å². The normalized spacial score (nSPS) is 20.0. The zero-order valence-electron chi connectivity index (χ0n) is 12.8. The van der Waals surface area contributed by atoms with Gasteiger partial charge in [-0.1, -0.05) is 25.0 Å². The number of likely N-dealkylation sites (tertiary alicyclic amines) is 1. The number of hydrogen-bond donors (Lipinski definition) is 1. The van der Waals surface area contributed by atoms with Crippen LogP contribution in [-0.2, 0) is 4.79 Å². The van der Waals surface area contributed by atoms with Crippen molar-refractivity contribution in [3.8, 4) is 0 Å². The van der Waals surface area contributed by atoms with Crippen LogP contribution in [0.5, 0.6) is 0 Å². The number of halogens is 1. The maximum absolute atomic E-state index is 13.5. The van der Waals surface area contributed by atoms with E-state index < -0.39 is 0 Å². The summed E-state index contributed by atoms with van der Waals surface area (Å²) in [4.78, 5) is 14.0. The van der Waals surface area contributed by atoms with E-state index in [4.69, 9.17) is 0 Å². The van der Waals surface area contributed by atoms with Crippen molar-refractivity contribution in [1.82, 2.24) is 10.2 Å². The summed E-state index contributed by atoms with van der Waals surface area (Å²) in [5, 5.41) is 2.84. The Bertz CT molecular complexity index is 464. The molecule has 0 bridgehead atoms. The maximum Gasteiger partial charge on any atom is 0.221 e. The van der Waals surface area contributed by atoms with Gasteiger partial charge in [0.15, 0.2) is 0 Å². The van der Waals surface area contributed by atoms with Crippen molar-refractivity contribution in [3.63, 3.8) is 0 Å². The Hall–Kier alpha value is -1.42. The van der Waals surface area contributed by atoms with Crippen LogP contribution >= 0.6 is 0 Å². The fraction of sp³-hybridized carbons (Fsp3) is 0.588. The van der Waals surface area contributed by atoms with E-state index in [0.717, 1.165) is 31.5 Å². The highest BCUT2D eigenvalue weighted by atomic mass is 19.1. The molecule has 1 amide bonds. The highest BCUT2D eigenvalue weighted by molar-refractivity contribution is 5.75. The Morgan fingerprint density at radius 3 is 3.00 bits per heavy atom. The molecule has 0 spiro atoms. The van der Waals surface area contributed by atoms with Gasteiger partial charge in [-0.3, -0.25) is 9.69 Å². The number of benzene rings is 1. The van der Waals surface area contributed by atoms with Crippen LogP contribution in [0.25, 0.3) is 0 Å². The lowest BCUT2D eigenvalue weighted by atomic mass is 10.0. The van der Waals surface area contributed by atoms with Crippen molar-refractivity contribution in [3.05, 3.63) is 35.6 Å². The lowest BCUT2D eigenvalue weighted by Crippen LogP contribution is -2.33. The summed E-state index contributed by atoms with van der Waals surface area (Å²) < 4.78 is 13.5. The molecule has 1 aliphatic heterocycles. The molecule has 1 heterocycles. The van der Waals surface area contributed by atoms with Gasteiger partial charge >= 0.3 is 0 Å². The number of rotatable bonds is 5. The Balaban J connectivity index is 2.05. The van der Waals surface area contributed by atoms with E-state index in [1.54, 1.807) is 12.1 Å². The molecule has 1 saturated heterocycles. The number of carbonyl (C=O) groups is 1. The maximum atomic E-state index is 13.5. The molecule has 1 aromatic carbocycles. The largest absolute Gasteiger partial charge is 0.356 e. The quantitative estimate of drug-likeness (QED) is 0.903. The van der Waals surface area contributed by atoms with Crippen molar-refractivity contribution in [2.24, 2.45) is 0 Å². The number of carbonyl (C=O) groups excluding carboxylic acids is 1. The third kappa shape index (κ3) is 4.81. The lowest BCUT2D eigenvalue weighted by molar-refractivity contribution is -0.121. The van der Waals surface area contributed by atoms with Crippen molar-refractivity contribution in [2.45, 2.75) is 45.1 Å². The monoisotopic (exact) mass is 292 g/mol. The summed E-state index contributed by atoms with van der Waals surface area (Å²) in [5.74, 6) is -0.0832. The molecule has 4 heteroatoms. The first-order chi connectivity index (χ1) is 10.2. The zero-order chi connectivity index (χ0) is 15.1. The molecular formula is C17H25FN2O. The predicted molar refractivity (Wildman–Crippen MR) is 82.5 cm³/mol. The molecule has 1 atom stereocenters. The molecule has 1 N–H and O–H groups in total. The molecule has 116 valence electrons. The van der Waals surface area contributed by atoms with Crippen molar-refractivity contribution >= 4 is 5.91 Å². The minimum absolute atomic E-state index is 0.0970. The molecule has 1 aromatic rings. The smallest absolute Gasteiger partial charge is 0.221 e. The van der Waals surface area contributed by atoms with Gasteiger partial charge in [0.05, 0.1) is 0 Å². The van der Waals surface area contributed by atoms with Crippen LogP contribution in [0.15, 0.2) is 24.3 Å². The standard InChI is InChI=1S/C17H25FN2O/c1-2-19-17(21)10-12-20-11-5-3-4-9-16(20)14-7-6-8-15(18)13-14/h6-8,13,16H,2-5,9-12H2,1H3,(H,19,21)/t16-/m0/s1. The van der Waals surface area contributed by atoms with Crippen LogP contribution in [-0.4, -0.2) is 30.4 Å². The van der Waals surface area contributed by atoms with Gasteiger partial charge in [0.2, 0.25) is 5.91 Å². The molecule has 0 aromatic heterocycles. The lowest BCUT2D eigenvalue weighted by Gasteiger charge is -2.30. The number of nitrogens with zero attached hydrogens (tertiary/aromatic N) is 1. The minimum Gasteiger partial charge on any atom is -0.356 e. The van der Waals surface area contributed by atoms with E-state index in [1.165, 1.54) is 18.9 Å². The van der Waals surface area contributed by atoms with E-state index >= 15 is 0 Å². The second kappa shape index (κ2) is 8.13. The molecule has 0 unspecified atom stereocenters. The van der Waals surface area contributed by atoms with Crippen LogP contribution in [0.2, 0.25) is 0 Å². The first kappa shape index (κ1) is 16.0. The highest BCUT2D eigenvalue weighted by Crippen LogP contribution is 2.30. The van der Waals surface area contributed by atoms with Crippen molar-refractivity contribution in [2.75, 3.05) is 19.6 Å². The Morgan fingerprint density at radius 1 is 1.38 bits per heavy atom. The van der Waals surface area contributed by atoms with Gasteiger partial charge in [0.1, 0.15) is 5.82 Å². The van der Waals surface area contributed by atoms with Gasteiger partial charge in [0.25, 0.3) is 0 Å². The summed E-state index contributed by atoms with van der Waals surface area (Å²) in [5.41, 5.74) is 1.03. The Kier molecular flexibility index (Phi) is 6.18. The molecule has 0 radical (unpaired) electrons. The van der Waals surface area contributed by atoms with Crippen LogP contribution in [0.4, 0.5) is 4.39 Å². The zero-order valence-corrected chi connectivity index (χ0v) is 12.8. The average Bonchev–Trinajstić information content (AvgIpc) is 2.71. The van der Waals surface area contributed by atoms with Crippen LogP contribution in [0.3, 0.4) is 0 Å². The summed E-state index contributed by atoms with van der Waals surface area (Å²) in [6.07, 6.45) is 5.09. The van der Waals surface area contributed by atoms with Crippen LogP contribution < -0.4 is 5.32 Å². The summed E-state index contributed by atoms with van der Waals surface area (Å²) in [6, 6.07) is 7.13. The SMILES string of the molecule is CCNC(=O)CCN1CCCCC[C@H]1c1cccc(F)c1. The number of amides is 1. The first-order valence-electron chi connectivity index (χ1n) is 7.97. The molecule has 21 heavy (non-hydrogen) atoms. The van der Waals surface area contributed by atoms with Gasteiger partial charge in [-0.2, -0.15) is 0 Å². The van der Waals surface area contributed by atoms with E-state index in [1.807, 2.05) is 13.0 Å². The van der Waals surface area contributed by atoms with E-state index in [-0.39, 0.29) is 17.8 Å². The molecule has 0 saturated carbocycles. The second-order valence-corrected chi connectivity index (χ2v) is 5.66. The van der Waals surface area contributed by atoms with E-state index in [9.17, 15) is 9.18 Å². The van der Waals surface area contributed by atoms with Crippen LogP contribution in [0, 0.1) is 5.82 Å². The summed E-state index contributed by atoms with van der Waals surface area (Å²) >= 11 is 0. The van der Waals surface area contributed by atoms with Gasteiger partial charge in [-0.05, 0) is 44.0 Å². The first-order valence-corrected chi connectivity index (χ1v) is 7.97. The Labute approximate surface area is 126 Å². The third-order valence-electron chi connectivity index (χ3n) is 4.10. The van der Waals surface area contributed by atoms with Crippen LogP contribution in [0.1, 0.15) is 50.6 Å². The van der Waals surface area contributed by atoms with Crippen molar-refractivity contribution in [1.29, 1.82) is 0 Å². The number of nitrogens with one attached hydrogen (secondary N) is 1. The second-order valence-electron chi connectivity index (χ2n) is 5.66. The Morgan fingerprint density at radius 2 is 2.24 bits per heavy atom. The minimum atomic E-state index is -0.180. The average molecular weight is 292 g/mol. The molecular weight excluding hydrogens is 267 g/mol. The van der Waals surface area contributed by atoms with E-state index in [0.29, 0.717) is 13.0 Å². The topological polar surface area (TPSA) is 32.3 Å². The number of hydrogen-bond acceptors (Lipinski definition) is 2. The fourth-order valence-electron chi connectivity index (χ4n) is 3.06.